The normalized spacial score (nSPS) is 17.3. The molecule has 0 bridgehead atoms. The fourth-order valence-electron chi connectivity index (χ4n) is 1.78. The van der Waals surface area contributed by atoms with E-state index in [0.29, 0.717) is 47.1 Å². The van der Waals surface area contributed by atoms with Crippen molar-refractivity contribution in [1.29, 1.82) is 0 Å². The van der Waals surface area contributed by atoms with Crippen molar-refractivity contribution in [2.45, 2.75) is 10.7 Å². The summed E-state index contributed by atoms with van der Waals surface area (Å²) in [7, 11) is 0. The third kappa shape index (κ3) is 3.51. The van der Waals surface area contributed by atoms with E-state index in [0.717, 1.165) is 0 Å². The number of alkyl halides is 2. The summed E-state index contributed by atoms with van der Waals surface area (Å²) in [6.07, 6.45) is 0. The number of thioether (sulfide) groups is 1. The van der Waals surface area contributed by atoms with Crippen LogP contribution in [0.2, 0.25) is 5.02 Å². The van der Waals surface area contributed by atoms with Gasteiger partial charge in [-0.2, -0.15) is 8.78 Å². The van der Waals surface area contributed by atoms with Crippen LogP contribution in [-0.4, -0.2) is 37.2 Å². The molecule has 3 nitrogen and oxygen atoms in total. The van der Waals surface area contributed by atoms with Crippen molar-refractivity contribution in [1.82, 2.24) is 0 Å². The lowest BCUT2D eigenvalue weighted by Gasteiger charge is -2.40. The SMILES string of the molecule is OCC1(CNc2cccc(Cl)c2SC(F)F)COC1. The molecule has 0 radical (unpaired) electrons. The standard InChI is InChI=1S/C12H14ClF2NO2S/c13-8-2-1-3-9(10(8)19-11(14)15)16-4-12(5-17)6-18-7-12/h1-3,11,16-17H,4-7H2. The Morgan fingerprint density at radius 3 is 2.74 bits per heavy atom. The highest BCUT2D eigenvalue weighted by molar-refractivity contribution is 7.99. The van der Waals surface area contributed by atoms with Gasteiger partial charge in [-0.05, 0) is 12.1 Å². The van der Waals surface area contributed by atoms with Crippen molar-refractivity contribution in [3.05, 3.63) is 23.2 Å². The topological polar surface area (TPSA) is 41.5 Å². The number of aliphatic hydroxyl groups excluding tert-OH is 1. The molecule has 0 aromatic heterocycles. The van der Waals surface area contributed by atoms with Crippen LogP contribution in [0, 0.1) is 5.41 Å². The maximum Gasteiger partial charge on any atom is 0.289 e. The van der Waals surface area contributed by atoms with E-state index in [4.69, 9.17) is 16.3 Å². The molecule has 0 unspecified atom stereocenters. The Balaban J connectivity index is 2.09. The van der Waals surface area contributed by atoms with E-state index in [1.165, 1.54) is 0 Å². The van der Waals surface area contributed by atoms with Gasteiger partial charge in [0.05, 0.1) is 35.2 Å². The molecule has 106 valence electrons. The Hall–Kier alpha value is -0.560. The first kappa shape index (κ1) is 14.8. The van der Waals surface area contributed by atoms with Crippen molar-refractivity contribution in [2.75, 3.05) is 31.7 Å². The molecule has 1 heterocycles. The molecule has 7 heteroatoms. The Morgan fingerprint density at radius 1 is 1.47 bits per heavy atom. The van der Waals surface area contributed by atoms with Crippen molar-refractivity contribution in [3.63, 3.8) is 0 Å². The maximum absolute atomic E-state index is 12.5. The lowest BCUT2D eigenvalue weighted by molar-refractivity contribution is -0.128. The number of halogens is 3. The molecule has 2 rings (SSSR count). The zero-order valence-corrected chi connectivity index (χ0v) is 11.6. The zero-order valence-electron chi connectivity index (χ0n) is 10.0. The van der Waals surface area contributed by atoms with E-state index in [-0.39, 0.29) is 12.0 Å². The largest absolute Gasteiger partial charge is 0.396 e. The second-order valence-electron chi connectivity index (χ2n) is 4.50. The maximum atomic E-state index is 12.5. The van der Waals surface area contributed by atoms with Gasteiger partial charge in [0.15, 0.2) is 0 Å². The first-order chi connectivity index (χ1) is 9.06. The highest BCUT2D eigenvalue weighted by Gasteiger charge is 2.38. The van der Waals surface area contributed by atoms with E-state index in [1.54, 1.807) is 18.2 Å². The average Bonchev–Trinajstić information content (AvgIpc) is 2.32. The molecule has 0 saturated carbocycles. The summed E-state index contributed by atoms with van der Waals surface area (Å²) < 4.78 is 30.1. The second kappa shape index (κ2) is 6.26. The second-order valence-corrected chi connectivity index (χ2v) is 5.91. The van der Waals surface area contributed by atoms with Gasteiger partial charge in [0.25, 0.3) is 5.76 Å². The van der Waals surface area contributed by atoms with Crippen LogP contribution in [0.1, 0.15) is 0 Å². The summed E-state index contributed by atoms with van der Waals surface area (Å²) in [5, 5.41) is 12.7. The molecule has 1 aliphatic heterocycles. The summed E-state index contributed by atoms with van der Waals surface area (Å²) in [6.45, 7) is 1.39. The minimum Gasteiger partial charge on any atom is -0.396 e. The highest BCUT2D eigenvalue weighted by Crippen LogP contribution is 2.38. The van der Waals surface area contributed by atoms with Crippen molar-refractivity contribution >= 4 is 29.1 Å². The van der Waals surface area contributed by atoms with Gasteiger partial charge < -0.3 is 15.2 Å². The monoisotopic (exact) mass is 309 g/mol. The van der Waals surface area contributed by atoms with Crippen molar-refractivity contribution in [2.24, 2.45) is 5.41 Å². The summed E-state index contributed by atoms with van der Waals surface area (Å²) in [4.78, 5) is 0.326. The van der Waals surface area contributed by atoms with E-state index < -0.39 is 5.76 Å². The minimum absolute atomic E-state index is 0.00209. The van der Waals surface area contributed by atoms with Crippen LogP contribution < -0.4 is 5.32 Å². The van der Waals surface area contributed by atoms with Crippen LogP contribution in [0.25, 0.3) is 0 Å². The van der Waals surface area contributed by atoms with Gasteiger partial charge in [-0.25, -0.2) is 0 Å². The van der Waals surface area contributed by atoms with Crippen LogP contribution >= 0.6 is 23.4 Å². The Bertz CT molecular complexity index is 438. The smallest absolute Gasteiger partial charge is 0.289 e. The molecule has 0 amide bonds. The van der Waals surface area contributed by atoms with Crippen LogP contribution in [0.3, 0.4) is 0 Å². The quantitative estimate of drug-likeness (QED) is 0.793. The van der Waals surface area contributed by atoms with Gasteiger partial charge in [0, 0.05) is 12.2 Å². The number of rotatable bonds is 6. The van der Waals surface area contributed by atoms with Gasteiger partial charge in [-0.1, -0.05) is 29.4 Å². The number of anilines is 1. The molecule has 1 aromatic rings. The number of benzene rings is 1. The number of aliphatic hydroxyl groups is 1. The number of ether oxygens (including phenoxy) is 1. The molecular formula is C12H14ClF2NO2S. The van der Waals surface area contributed by atoms with E-state index in [1.807, 2.05) is 0 Å². The lowest BCUT2D eigenvalue weighted by atomic mass is 9.87. The van der Waals surface area contributed by atoms with Gasteiger partial charge >= 0.3 is 0 Å². The van der Waals surface area contributed by atoms with Crippen LogP contribution in [0.15, 0.2) is 23.1 Å². The number of hydrogen-bond acceptors (Lipinski definition) is 4. The third-order valence-electron chi connectivity index (χ3n) is 2.98. The van der Waals surface area contributed by atoms with Crippen LogP contribution in [0.4, 0.5) is 14.5 Å². The van der Waals surface area contributed by atoms with Gasteiger partial charge in [0.2, 0.25) is 0 Å². The first-order valence-electron chi connectivity index (χ1n) is 5.72. The molecule has 1 saturated heterocycles. The Labute approximate surface area is 119 Å². The first-order valence-corrected chi connectivity index (χ1v) is 6.98. The molecule has 1 aliphatic rings. The average molecular weight is 310 g/mol. The molecule has 1 fully saturated rings. The number of nitrogens with one attached hydrogen (secondary N) is 1. The van der Waals surface area contributed by atoms with Crippen molar-refractivity contribution in [3.8, 4) is 0 Å². The third-order valence-corrected chi connectivity index (χ3v) is 4.26. The molecule has 2 N–H and O–H groups in total. The van der Waals surface area contributed by atoms with E-state index in [9.17, 15) is 13.9 Å². The fourth-order valence-corrected chi connectivity index (χ4v) is 2.71. The predicted molar refractivity (Wildman–Crippen MR) is 72.1 cm³/mol. The van der Waals surface area contributed by atoms with E-state index in [2.05, 4.69) is 5.32 Å². The molecule has 0 aliphatic carbocycles. The number of hydrogen-bond donors (Lipinski definition) is 2. The summed E-state index contributed by atoms with van der Waals surface area (Å²) in [5.74, 6) is -2.53. The molecular weight excluding hydrogens is 296 g/mol. The lowest BCUT2D eigenvalue weighted by Crippen LogP contribution is -2.50. The zero-order chi connectivity index (χ0) is 13.9. The summed E-state index contributed by atoms with van der Waals surface area (Å²) in [5.41, 5.74) is 0.229. The van der Waals surface area contributed by atoms with Crippen LogP contribution in [-0.2, 0) is 4.74 Å². The Morgan fingerprint density at radius 2 is 2.21 bits per heavy atom. The molecule has 1 aromatic carbocycles. The van der Waals surface area contributed by atoms with E-state index >= 15 is 0 Å². The molecule has 19 heavy (non-hydrogen) atoms. The van der Waals surface area contributed by atoms with Crippen molar-refractivity contribution < 1.29 is 18.6 Å². The highest BCUT2D eigenvalue weighted by atomic mass is 35.5. The fraction of sp³-hybridized carbons (Fsp3) is 0.500. The Kier molecular flexibility index (Phi) is 4.89. The van der Waals surface area contributed by atoms with Gasteiger partial charge in [-0.15, -0.1) is 0 Å². The molecule has 0 atom stereocenters. The van der Waals surface area contributed by atoms with Gasteiger partial charge in [0.1, 0.15) is 0 Å². The summed E-state index contributed by atoms with van der Waals surface area (Å²) in [6, 6.07) is 4.97. The summed E-state index contributed by atoms with van der Waals surface area (Å²) >= 11 is 6.35. The predicted octanol–water partition coefficient (Wildman–Crippen LogP) is 3.08. The minimum atomic E-state index is -2.53. The molecule has 0 spiro atoms. The van der Waals surface area contributed by atoms with Gasteiger partial charge in [-0.3, -0.25) is 0 Å². The van der Waals surface area contributed by atoms with Crippen LogP contribution in [0.5, 0.6) is 0 Å².